The summed E-state index contributed by atoms with van der Waals surface area (Å²) < 4.78 is 45.9. The van der Waals surface area contributed by atoms with Gasteiger partial charge in [0, 0.05) is 11.1 Å². The van der Waals surface area contributed by atoms with Crippen LogP contribution >= 0.6 is 23.0 Å². The molecule has 2 aromatic carbocycles. The summed E-state index contributed by atoms with van der Waals surface area (Å²) in [7, 11) is -4.54. The van der Waals surface area contributed by atoms with E-state index in [4.69, 9.17) is 0 Å². The maximum Gasteiger partial charge on any atom is 0.320 e. The third kappa shape index (κ3) is 4.38. The van der Waals surface area contributed by atoms with E-state index in [1.165, 1.54) is 47.3 Å². The third-order valence-electron chi connectivity index (χ3n) is 4.67. The van der Waals surface area contributed by atoms with Crippen LogP contribution < -0.4 is 0 Å². The highest BCUT2D eigenvalue weighted by Gasteiger charge is 2.49. The molecule has 0 saturated carbocycles. The molecule has 0 spiro atoms. The van der Waals surface area contributed by atoms with Gasteiger partial charge in [0.1, 0.15) is 23.0 Å². The molecule has 0 saturated heterocycles. The lowest BCUT2D eigenvalue weighted by Crippen LogP contribution is -2.32. The summed E-state index contributed by atoms with van der Waals surface area (Å²) in [6, 6.07) is 13.1. The van der Waals surface area contributed by atoms with Gasteiger partial charge < -0.3 is 0 Å². The SMILES string of the molecule is CC(C)(C)c1ccc(C(F)(c2ccc(C(C)(C)C)cc2)S(=O)(=O)OI)cc1. The molecule has 2 aromatic rings. The smallest absolute Gasteiger partial charge is 0.213 e. The van der Waals surface area contributed by atoms with Crippen molar-refractivity contribution >= 4 is 33.1 Å². The van der Waals surface area contributed by atoms with Crippen molar-refractivity contribution in [2.75, 3.05) is 0 Å². The Hall–Kier alpha value is -0.990. The van der Waals surface area contributed by atoms with Gasteiger partial charge in [0.15, 0.2) is 0 Å². The Labute approximate surface area is 176 Å². The van der Waals surface area contributed by atoms with E-state index in [-0.39, 0.29) is 22.0 Å². The van der Waals surface area contributed by atoms with Crippen molar-refractivity contribution in [2.24, 2.45) is 0 Å². The molecule has 0 amide bonds. The first-order valence-corrected chi connectivity index (χ1v) is 11.0. The zero-order chi connectivity index (χ0) is 20.7. The zero-order valence-corrected chi connectivity index (χ0v) is 19.5. The van der Waals surface area contributed by atoms with Gasteiger partial charge in [-0.15, -0.1) is 0 Å². The van der Waals surface area contributed by atoms with Crippen molar-refractivity contribution in [3.8, 4) is 0 Å². The number of hydrogen-bond donors (Lipinski definition) is 0. The summed E-state index contributed by atoms with van der Waals surface area (Å²) in [5.41, 5.74) is 1.79. The molecule has 0 aliphatic carbocycles. The standard InChI is InChI=1S/C21H26FIO3S/c1-19(2,3)15-7-11-17(12-8-15)21(22,27(24,25)26-23)18-13-9-16(10-14-18)20(4,5)6/h7-14H,1-6H3. The average Bonchev–Trinajstić information content (AvgIpc) is 2.59. The van der Waals surface area contributed by atoms with E-state index in [2.05, 4.69) is 2.51 Å². The van der Waals surface area contributed by atoms with Crippen LogP contribution in [0.1, 0.15) is 63.8 Å². The van der Waals surface area contributed by atoms with Gasteiger partial charge in [-0.2, -0.15) is 10.9 Å². The van der Waals surface area contributed by atoms with E-state index >= 15 is 4.39 Å². The van der Waals surface area contributed by atoms with Gasteiger partial charge in [-0.1, -0.05) is 90.1 Å². The minimum atomic E-state index is -4.54. The van der Waals surface area contributed by atoms with E-state index in [0.717, 1.165) is 11.1 Å². The molecule has 2 rings (SSSR count). The topological polar surface area (TPSA) is 43.4 Å². The fraction of sp³-hybridized carbons (Fsp3) is 0.429. The second-order valence-corrected chi connectivity index (χ2v) is 11.4. The Morgan fingerprint density at radius 3 is 1.19 bits per heavy atom. The van der Waals surface area contributed by atoms with Crippen molar-refractivity contribution in [3.05, 3.63) is 70.8 Å². The van der Waals surface area contributed by atoms with Gasteiger partial charge in [0.25, 0.3) is 5.00 Å². The average molecular weight is 504 g/mol. The van der Waals surface area contributed by atoms with Gasteiger partial charge in [-0.3, -0.25) is 0 Å². The minimum Gasteiger partial charge on any atom is -0.213 e. The predicted octanol–water partition coefficient (Wildman–Crippen LogP) is 6.15. The fourth-order valence-electron chi connectivity index (χ4n) is 2.87. The van der Waals surface area contributed by atoms with Gasteiger partial charge >= 0.3 is 10.1 Å². The molecule has 6 heteroatoms. The molecule has 0 bridgehead atoms. The first kappa shape index (κ1) is 22.3. The second kappa shape index (κ2) is 7.44. The molecular formula is C21H26FIO3S. The van der Waals surface area contributed by atoms with Crippen LogP contribution in [0.3, 0.4) is 0 Å². The van der Waals surface area contributed by atoms with Crippen LogP contribution in [0.2, 0.25) is 0 Å². The molecule has 0 radical (unpaired) electrons. The van der Waals surface area contributed by atoms with Crippen LogP contribution in [0, 0.1) is 0 Å². The number of benzene rings is 2. The van der Waals surface area contributed by atoms with Crippen LogP contribution in [0.15, 0.2) is 48.5 Å². The molecule has 0 atom stereocenters. The molecule has 0 aliphatic rings. The van der Waals surface area contributed by atoms with E-state index in [0.29, 0.717) is 0 Å². The normalized spacial score (nSPS) is 13.6. The lowest BCUT2D eigenvalue weighted by Gasteiger charge is -2.27. The van der Waals surface area contributed by atoms with Gasteiger partial charge in [0.05, 0.1) is 0 Å². The zero-order valence-electron chi connectivity index (χ0n) is 16.5. The predicted molar refractivity (Wildman–Crippen MR) is 116 cm³/mol. The Morgan fingerprint density at radius 2 is 0.963 bits per heavy atom. The monoisotopic (exact) mass is 504 g/mol. The minimum absolute atomic E-state index is 0.0238. The Balaban J connectivity index is 2.64. The van der Waals surface area contributed by atoms with Crippen molar-refractivity contribution in [1.82, 2.24) is 0 Å². The van der Waals surface area contributed by atoms with E-state index < -0.39 is 15.1 Å². The first-order valence-electron chi connectivity index (χ1n) is 8.69. The van der Waals surface area contributed by atoms with Crippen LogP contribution in [-0.2, 0) is 28.5 Å². The molecule has 0 unspecified atom stereocenters. The highest BCUT2D eigenvalue weighted by atomic mass is 127. The molecule has 0 heterocycles. The molecule has 148 valence electrons. The molecular weight excluding hydrogens is 478 g/mol. The van der Waals surface area contributed by atoms with Crippen molar-refractivity contribution in [3.63, 3.8) is 0 Å². The van der Waals surface area contributed by atoms with Crippen LogP contribution in [0.25, 0.3) is 0 Å². The lowest BCUT2D eigenvalue weighted by molar-refractivity contribution is 0.308. The molecule has 0 aromatic heterocycles. The van der Waals surface area contributed by atoms with E-state index in [1.54, 1.807) is 24.3 Å². The molecule has 0 fully saturated rings. The maximum absolute atomic E-state index is 16.2. The van der Waals surface area contributed by atoms with Crippen molar-refractivity contribution in [1.29, 1.82) is 0 Å². The van der Waals surface area contributed by atoms with E-state index in [9.17, 15) is 8.42 Å². The summed E-state index contributed by atoms with van der Waals surface area (Å²) in [4.78, 5) is 0. The largest absolute Gasteiger partial charge is 0.320 e. The van der Waals surface area contributed by atoms with Gasteiger partial charge in [0.2, 0.25) is 0 Å². The molecule has 0 aliphatic heterocycles. The summed E-state index contributed by atoms with van der Waals surface area (Å²) in [5.74, 6) is 0. The third-order valence-corrected chi connectivity index (χ3v) is 7.42. The van der Waals surface area contributed by atoms with Crippen LogP contribution in [0.5, 0.6) is 0 Å². The first-order chi connectivity index (χ1) is 12.2. The molecule has 27 heavy (non-hydrogen) atoms. The summed E-state index contributed by atoms with van der Waals surface area (Å²) in [6.45, 7) is 12.3. The van der Waals surface area contributed by atoms with Crippen molar-refractivity contribution in [2.45, 2.75) is 57.4 Å². The van der Waals surface area contributed by atoms with E-state index in [1.807, 2.05) is 41.5 Å². The maximum atomic E-state index is 16.2. The van der Waals surface area contributed by atoms with Crippen LogP contribution in [0.4, 0.5) is 4.39 Å². The van der Waals surface area contributed by atoms with Gasteiger partial charge in [-0.05, 0) is 22.0 Å². The number of halogens is 2. The summed E-state index contributed by atoms with van der Waals surface area (Å²) in [6.07, 6.45) is 0. The highest BCUT2D eigenvalue weighted by molar-refractivity contribution is 14.1. The lowest BCUT2D eigenvalue weighted by atomic mass is 9.85. The fourth-order valence-corrected chi connectivity index (χ4v) is 4.55. The number of hydrogen-bond acceptors (Lipinski definition) is 3. The Kier molecular flexibility index (Phi) is 6.15. The number of rotatable bonds is 4. The van der Waals surface area contributed by atoms with Crippen molar-refractivity contribution < 1.29 is 15.3 Å². The Morgan fingerprint density at radius 1 is 0.704 bits per heavy atom. The molecule has 0 N–H and O–H groups in total. The highest BCUT2D eigenvalue weighted by Crippen LogP contribution is 2.42. The van der Waals surface area contributed by atoms with Crippen LogP contribution in [-0.4, -0.2) is 8.42 Å². The molecule has 3 nitrogen and oxygen atoms in total. The van der Waals surface area contributed by atoms with Gasteiger partial charge in [-0.25, -0.2) is 4.39 Å². The quantitative estimate of drug-likeness (QED) is 0.470. The summed E-state index contributed by atoms with van der Waals surface area (Å²) in [5, 5.41) is -2.79. The Bertz CT molecular complexity index is 833. The second-order valence-electron chi connectivity index (χ2n) is 8.77. The number of alkyl halides is 1. The summed E-state index contributed by atoms with van der Waals surface area (Å²) >= 11 is 1.22.